The van der Waals surface area contributed by atoms with Crippen molar-refractivity contribution in [2.75, 3.05) is 31.6 Å². The lowest BCUT2D eigenvalue weighted by Crippen LogP contribution is -2.68. The van der Waals surface area contributed by atoms with Crippen LogP contribution in [0.25, 0.3) is 0 Å². The van der Waals surface area contributed by atoms with E-state index in [4.69, 9.17) is 4.74 Å². The van der Waals surface area contributed by atoms with Gasteiger partial charge in [-0.25, -0.2) is 4.79 Å². The van der Waals surface area contributed by atoms with Gasteiger partial charge in [0, 0.05) is 32.4 Å². The maximum absolute atomic E-state index is 13.0. The van der Waals surface area contributed by atoms with Crippen molar-refractivity contribution in [3.05, 3.63) is 30.3 Å². The number of piperazine rings is 1. The van der Waals surface area contributed by atoms with Crippen LogP contribution in [0.15, 0.2) is 30.3 Å². The molecular formula is C16H25N3O2. The quantitative estimate of drug-likeness (QED) is 0.929. The van der Waals surface area contributed by atoms with Crippen molar-refractivity contribution in [3.8, 4) is 0 Å². The monoisotopic (exact) mass is 291 g/mol. The summed E-state index contributed by atoms with van der Waals surface area (Å²) in [6, 6.07) is 9.81. The molecule has 1 saturated heterocycles. The molecule has 0 spiro atoms. The van der Waals surface area contributed by atoms with Crippen LogP contribution in [0, 0.1) is 0 Å². The molecule has 1 N–H and O–H groups in total. The van der Waals surface area contributed by atoms with Gasteiger partial charge in [-0.1, -0.05) is 18.2 Å². The highest BCUT2D eigenvalue weighted by Crippen LogP contribution is 2.26. The summed E-state index contributed by atoms with van der Waals surface area (Å²) in [5, 5.41) is 3.31. The number of ether oxygens (including phenoxy) is 1. The second kappa shape index (κ2) is 6.45. The summed E-state index contributed by atoms with van der Waals surface area (Å²) < 4.78 is 5.48. The first-order valence-corrected chi connectivity index (χ1v) is 7.42. The highest BCUT2D eigenvalue weighted by Gasteiger charge is 2.42. The molecule has 0 aromatic heterocycles. The summed E-state index contributed by atoms with van der Waals surface area (Å²) in [5.74, 6) is 0. The molecule has 2 rings (SSSR count). The van der Waals surface area contributed by atoms with E-state index in [9.17, 15) is 4.79 Å². The molecule has 5 heteroatoms. The first-order chi connectivity index (χ1) is 10.0. The minimum Gasteiger partial charge on any atom is -0.364 e. The van der Waals surface area contributed by atoms with E-state index in [0.717, 1.165) is 12.2 Å². The highest BCUT2D eigenvalue weighted by atomic mass is 16.5. The largest absolute Gasteiger partial charge is 0.364 e. The van der Waals surface area contributed by atoms with Gasteiger partial charge >= 0.3 is 6.03 Å². The number of carbonyl (C=O) groups is 1. The average molecular weight is 291 g/mol. The van der Waals surface area contributed by atoms with Crippen LogP contribution >= 0.6 is 0 Å². The Morgan fingerprint density at radius 3 is 2.67 bits per heavy atom. The minimum absolute atomic E-state index is 0.0252. The number of urea groups is 1. The number of carbonyl (C=O) groups excluding carboxylic acids is 1. The zero-order valence-electron chi connectivity index (χ0n) is 13.3. The number of amides is 2. The highest BCUT2D eigenvalue weighted by molar-refractivity contribution is 5.92. The van der Waals surface area contributed by atoms with Crippen LogP contribution < -0.4 is 10.2 Å². The van der Waals surface area contributed by atoms with E-state index >= 15 is 0 Å². The molecule has 1 aromatic carbocycles. The average Bonchev–Trinajstić information content (AvgIpc) is 2.48. The molecule has 0 saturated carbocycles. The second-order valence-corrected chi connectivity index (χ2v) is 5.74. The number of hydrogen-bond donors (Lipinski definition) is 1. The first kappa shape index (κ1) is 15.8. The van der Waals surface area contributed by atoms with Crippen LogP contribution in [-0.4, -0.2) is 49.4 Å². The standard InChI is InChI=1S/C16H25N3O2/c1-5-18(13-9-7-6-8-10-13)15(20)19-12-11-17-14(21-4)16(19,2)3/h6-10,14,17H,5,11-12H2,1-4H3. The summed E-state index contributed by atoms with van der Waals surface area (Å²) in [6.07, 6.45) is -0.162. The molecule has 1 heterocycles. The SMILES string of the molecule is CCN(C(=O)N1CCNC(OC)C1(C)C)c1ccccc1. The van der Waals surface area contributed by atoms with E-state index in [1.165, 1.54) is 0 Å². The van der Waals surface area contributed by atoms with E-state index in [0.29, 0.717) is 13.1 Å². The molecule has 1 atom stereocenters. The van der Waals surface area contributed by atoms with Gasteiger partial charge in [0.05, 0.1) is 5.54 Å². The summed E-state index contributed by atoms with van der Waals surface area (Å²) in [4.78, 5) is 16.7. The van der Waals surface area contributed by atoms with E-state index in [2.05, 4.69) is 5.32 Å². The Morgan fingerprint density at radius 1 is 1.43 bits per heavy atom. The van der Waals surface area contributed by atoms with Crippen molar-refractivity contribution < 1.29 is 9.53 Å². The van der Waals surface area contributed by atoms with E-state index in [1.807, 2.05) is 56.0 Å². The fraction of sp³-hybridized carbons (Fsp3) is 0.562. The van der Waals surface area contributed by atoms with Crippen molar-refractivity contribution in [1.29, 1.82) is 0 Å². The third kappa shape index (κ3) is 3.04. The van der Waals surface area contributed by atoms with Gasteiger partial charge < -0.3 is 9.64 Å². The third-order valence-electron chi connectivity index (χ3n) is 4.08. The molecule has 0 bridgehead atoms. The van der Waals surface area contributed by atoms with Gasteiger partial charge in [0.2, 0.25) is 0 Å². The van der Waals surface area contributed by atoms with Crippen LogP contribution in [-0.2, 0) is 4.74 Å². The summed E-state index contributed by atoms with van der Waals surface area (Å²) in [5.41, 5.74) is 0.528. The Kier molecular flexibility index (Phi) is 4.85. The molecule has 1 fully saturated rings. The zero-order valence-corrected chi connectivity index (χ0v) is 13.3. The molecule has 1 aromatic rings. The Morgan fingerprint density at radius 2 is 2.10 bits per heavy atom. The van der Waals surface area contributed by atoms with Crippen LogP contribution in [0.4, 0.5) is 10.5 Å². The number of anilines is 1. The second-order valence-electron chi connectivity index (χ2n) is 5.74. The number of rotatable bonds is 3. The van der Waals surface area contributed by atoms with E-state index in [-0.39, 0.29) is 12.3 Å². The lowest BCUT2D eigenvalue weighted by molar-refractivity contribution is -0.0584. The topological polar surface area (TPSA) is 44.8 Å². The maximum atomic E-state index is 13.0. The molecule has 1 aliphatic rings. The predicted octanol–water partition coefficient (Wildman–Crippen LogP) is 2.29. The molecule has 0 radical (unpaired) electrons. The Bertz CT molecular complexity index is 476. The molecule has 1 unspecified atom stereocenters. The molecule has 5 nitrogen and oxygen atoms in total. The van der Waals surface area contributed by atoms with Crippen molar-refractivity contribution >= 4 is 11.7 Å². The maximum Gasteiger partial charge on any atom is 0.325 e. The van der Waals surface area contributed by atoms with E-state index in [1.54, 1.807) is 12.0 Å². The van der Waals surface area contributed by atoms with Gasteiger partial charge in [0.25, 0.3) is 0 Å². The lowest BCUT2D eigenvalue weighted by Gasteiger charge is -2.48. The van der Waals surface area contributed by atoms with E-state index < -0.39 is 5.54 Å². The van der Waals surface area contributed by atoms with Gasteiger partial charge in [-0.05, 0) is 32.9 Å². The predicted molar refractivity (Wildman–Crippen MR) is 84.4 cm³/mol. The number of nitrogens with one attached hydrogen (secondary N) is 1. The van der Waals surface area contributed by atoms with Crippen LogP contribution in [0.5, 0.6) is 0 Å². The van der Waals surface area contributed by atoms with Crippen molar-refractivity contribution in [1.82, 2.24) is 10.2 Å². The molecule has 21 heavy (non-hydrogen) atoms. The number of benzene rings is 1. The number of hydrogen-bond acceptors (Lipinski definition) is 3. The normalized spacial score (nSPS) is 21.1. The van der Waals surface area contributed by atoms with Gasteiger partial charge in [0.1, 0.15) is 6.23 Å². The Hall–Kier alpha value is -1.59. The third-order valence-corrected chi connectivity index (χ3v) is 4.08. The lowest BCUT2D eigenvalue weighted by atomic mass is 9.98. The number of para-hydroxylation sites is 1. The van der Waals surface area contributed by atoms with Gasteiger partial charge in [-0.2, -0.15) is 0 Å². The minimum atomic E-state index is -0.397. The fourth-order valence-corrected chi connectivity index (χ4v) is 2.88. The summed E-state index contributed by atoms with van der Waals surface area (Å²) >= 11 is 0. The van der Waals surface area contributed by atoms with Crippen molar-refractivity contribution in [3.63, 3.8) is 0 Å². The van der Waals surface area contributed by atoms with Crippen LogP contribution in [0.2, 0.25) is 0 Å². The summed E-state index contributed by atoms with van der Waals surface area (Å²) in [7, 11) is 1.67. The molecule has 116 valence electrons. The zero-order chi connectivity index (χ0) is 15.5. The molecule has 1 aliphatic heterocycles. The van der Waals surface area contributed by atoms with Crippen molar-refractivity contribution in [2.45, 2.75) is 32.5 Å². The van der Waals surface area contributed by atoms with Gasteiger partial charge in [0.15, 0.2) is 0 Å². The van der Waals surface area contributed by atoms with Crippen molar-refractivity contribution in [2.24, 2.45) is 0 Å². The summed E-state index contributed by atoms with van der Waals surface area (Å²) in [6.45, 7) is 8.11. The van der Waals surface area contributed by atoms with Crippen LogP contribution in [0.3, 0.4) is 0 Å². The van der Waals surface area contributed by atoms with Crippen LogP contribution in [0.1, 0.15) is 20.8 Å². The van der Waals surface area contributed by atoms with Gasteiger partial charge in [-0.15, -0.1) is 0 Å². The first-order valence-electron chi connectivity index (χ1n) is 7.42. The fourth-order valence-electron chi connectivity index (χ4n) is 2.88. The Labute approximate surface area is 126 Å². The number of nitrogens with zero attached hydrogens (tertiary/aromatic N) is 2. The molecule has 2 amide bonds. The smallest absolute Gasteiger partial charge is 0.325 e. The van der Waals surface area contributed by atoms with Gasteiger partial charge in [-0.3, -0.25) is 10.2 Å². The Balaban J connectivity index is 2.25. The molecule has 0 aliphatic carbocycles. The molecular weight excluding hydrogens is 266 g/mol. The number of methoxy groups -OCH3 is 1.